The number of halogens is 5. The van der Waals surface area contributed by atoms with E-state index in [0.29, 0.717) is 27.0 Å². The number of benzene rings is 3. The van der Waals surface area contributed by atoms with Gasteiger partial charge in [0.2, 0.25) is 5.91 Å². The first kappa shape index (κ1) is 25.9. The molecule has 188 valence electrons. The number of imidazole rings is 1. The first-order chi connectivity index (χ1) is 17.6. The van der Waals surface area contributed by atoms with Crippen LogP contribution in [0.1, 0.15) is 21.8 Å². The molecule has 1 aromatic heterocycles. The smallest absolute Gasteiger partial charge is 0.257 e. The summed E-state index contributed by atoms with van der Waals surface area (Å²) in [5, 5.41) is 6.65. The molecule has 6 nitrogen and oxygen atoms in total. The molecule has 4 aromatic rings. The Labute approximate surface area is 237 Å². The molecule has 5 rings (SSSR count). The maximum absolute atomic E-state index is 13.0. The van der Waals surface area contributed by atoms with E-state index in [1.165, 1.54) is 12.1 Å². The molecule has 2 atom stereocenters. The van der Waals surface area contributed by atoms with E-state index in [1.807, 2.05) is 22.9 Å². The van der Waals surface area contributed by atoms with Gasteiger partial charge in [-0.15, -0.1) is 23.2 Å². The van der Waals surface area contributed by atoms with Gasteiger partial charge in [0.05, 0.1) is 22.8 Å². The normalized spacial score (nSPS) is 17.8. The van der Waals surface area contributed by atoms with Gasteiger partial charge in [-0.05, 0) is 66.2 Å². The number of carbonyl (C=O) groups excluding carboxylic acids is 2. The zero-order valence-corrected chi connectivity index (χ0v) is 22.5. The fourth-order valence-electron chi connectivity index (χ4n) is 4.15. The van der Waals surface area contributed by atoms with Gasteiger partial charge in [-0.1, -0.05) is 34.8 Å². The average molecular weight is 595 g/mol. The van der Waals surface area contributed by atoms with Crippen molar-refractivity contribution in [1.29, 1.82) is 0 Å². The molecule has 2 N–H and O–H groups in total. The fraction of sp³-hybridized carbons (Fsp3) is 0.115. The molecule has 1 fully saturated rings. The van der Waals surface area contributed by atoms with Crippen molar-refractivity contribution in [3.8, 4) is 5.69 Å². The van der Waals surface area contributed by atoms with Crippen molar-refractivity contribution in [3.05, 3.63) is 106 Å². The number of amides is 2. The Hall–Kier alpha value is -2.74. The number of anilines is 2. The molecular weight excluding hydrogens is 578 g/mol. The Morgan fingerprint density at radius 2 is 1.54 bits per heavy atom. The third kappa shape index (κ3) is 5.44. The summed E-state index contributed by atoms with van der Waals surface area (Å²) >= 11 is 31.4. The highest BCUT2D eigenvalue weighted by atomic mass is 35.5. The lowest BCUT2D eigenvalue weighted by Gasteiger charge is -2.11. The lowest BCUT2D eigenvalue weighted by atomic mass is 10.1. The van der Waals surface area contributed by atoms with Gasteiger partial charge in [-0.2, -0.15) is 0 Å². The molecule has 0 unspecified atom stereocenters. The Balaban J connectivity index is 1.29. The van der Waals surface area contributed by atoms with Crippen LogP contribution in [0.15, 0.2) is 79.4 Å². The van der Waals surface area contributed by atoms with E-state index in [0.717, 1.165) is 5.69 Å². The summed E-state index contributed by atoms with van der Waals surface area (Å²) in [6.07, 6.45) is 5.18. The lowest BCUT2D eigenvalue weighted by Crippen LogP contribution is -2.18. The quantitative estimate of drug-likeness (QED) is 0.226. The number of nitrogens with zero attached hydrogens (tertiary/aromatic N) is 2. The van der Waals surface area contributed by atoms with Gasteiger partial charge < -0.3 is 15.2 Å². The minimum Gasteiger partial charge on any atom is -0.326 e. The van der Waals surface area contributed by atoms with Crippen LogP contribution >= 0.6 is 58.0 Å². The highest BCUT2D eigenvalue weighted by molar-refractivity contribution is 6.53. The monoisotopic (exact) mass is 592 g/mol. The first-order valence-corrected chi connectivity index (χ1v) is 12.9. The van der Waals surface area contributed by atoms with E-state index in [9.17, 15) is 9.59 Å². The van der Waals surface area contributed by atoms with Crippen LogP contribution in [0.3, 0.4) is 0 Å². The van der Waals surface area contributed by atoms with Gasteiger partial charge in [0, 0.05) is 45.4 Å². The van der Waals surface area contributed by atoms with E-state index < -0.39 is 28.0 Å². The van der Waals surface area contributed by atoms with E-state index in [1.54, 1.807) is 48.9 Å². The lowest BCUT2D eigenvalue weighted by molar-refractivity contribution is -0.117. The number of aromatic nitrogens is 2. The second kappa shape index (κ2) is 10.2. The molecular formula is C26H17Cl5N4O2. The zero-order valence-electron chi connectivity index (χ0n) is 18.8. The van der Waals surface area contributed by atoms with Gasteiger partial charge in [-0.25, -0.2) is 4.98 Å². The van der Waals surface area contributed by atoms with Crippen molar-refractivity contribution in [2.45, 2.75) is 10.3 Å². The molecule has 0 saturated heterocycles. The summed E-state index contributed by atoms with van der Waals surface area (Å²) in [7, 11) is 0. The SMILES string of the molecule is O=C(Nc1ccc(-n2ccnc2)cc1)c1cc(NC(=O)[C@@H]2[C@@H](c3cc(Cl)cc(Cl)c3)C2(Cl)Cl)ccc1Cl. The predicted octanol–water partition coefficient (Wildman–Crippen LogP) is 7.61. The summed E-state index contributed by atoms with van der Waals surface area (Å²) in [6.45, 7) is 0. The Kier molecular flexibility index (Phi) is 7.14. The van der Waals surface area contributed by atoms with Crippen molar-refractivity contribution < 1.29 is 9.59 Å². The molecule has 3 aromatic carbocycles. The number of rotatable bonds is 6. The van der Waals surface area contributed by atoms with Crippen LogP contribution in [0.25, 0.3) is 5.69 Å². The van der Waals surface area contributed by atoms with Crippen LogP contribution in [-0.4, -0.2) is 25.7 Å². The number of carbonyl (C=O) groups is 2. The van der Waals surface area contributed by atoms with E-state index in [2.05, 4.69) is 15.6 Å². The van der Waals surface area contributed by atoms with E-state index in [-0.39, 0.29) is 10.6 Å². The van der Waals surface area contributed by atoms with Gasteiger partial charge in [0.25, 0.3) is 5.91 Å². The molecule has 0 radical (unpaired) electrons. The van der Waals surface area contributed by atoms with E-state index >= 15 is 0 Å². The summed E-state index contributed by atoms with van der Waals surface area (Å²) in [5.41, 5.74) is 2.70. The molecule has 1 heterocycles. The van der Waals surface area contributed by atoms with Gasteiger partial charge in [0.15, 0.2) is 0 Å². The molecule has 0 aliphatic heterocycles. The van der Waals surface area contributed by atoms with Crippen LogP contribution in [0.4, 0.5) is 11.4 Å². The van der Waals surface area contributed by atoms with Gasteiger partial charge >= 0.3 is 0 Å². The summed E-state index contributed by atoms with van der Waals surface area (Å²) in [5.74, 6) is -2.08. The summed E-state index contributed by atoms with van der Waals surface area (Å²) in [4.78, 5) is 30.0. The minimum absolute atomic E-state index is 0.190. The van der Waals surface area contributed by atoms with Crippen LogP contribution < -0.4 is 10.6 Å². The molecule has 1 aliphatic rings. The molecule has 0 spiro atoms. The summed E-state index contributed by atoms with van der Waals surface area (Å²) in [6, 6.07) is 16.8. The molecule has 1 aliphatic carbocycles. The highest BCUT2D eigenvalue weighted by Gasteiger charge is 2.67. The predicted molar refractivity (Wildman–Crippen MR) is 149 cm³/mol. The average Bonchev–Trinajstić information content (AvgIpc) is 3.16. The second-order valence-electron chi connectivity index (χ2n) is 8.49. The standard InChI is InChI=1S/C26H17Cl5N4O2/c27-15-9-14(10-16(28)11-15)22-23(26(22,30)31)25(37)34-18-3-6-21(29)20(12-18)24(36)33-17-1-4-19(5-2-17)35-8-7-32-13-35/h1-13,22-23H,(H,33,36)(H,34,37)/t22-,23+/m1/s1. The van der Waals surface area contributed by atoms with Crippen molar-refractivity contribution in [2.24, 2.45) is 5.92 Å². The van der Waals surface area contributed by atoms with Crippen molar-refractivity contribution in [3.63, 3.8) is 0 Å². The third-order valence-electron chi connectivity index (χ3n) is 5.99. The van der Waals surface area contributed by atoms with Crippen LogP contribution in [0.2, 0.25) is 15.1 Å². The van der Waals surface area contributed by atoms with Crippen LogP contribution in [0, 0.1) is 5.92 Å². The van der Waals surface area contributed by atoms with Gasteiger partial charge in [-0.3, -0.25) is 9.59 Å². The molecule has 2 amide bonds. The zero-order chi connectivity index (χ0) is 26.3. The highest BCUT2D eigenvalue weighted by Crippen LogP contribution is 2.65. The Bertz CT molecular complexity index is 1470. The number of alkyl halides is 2. The maximum Gasteiger partial charge on any atom is 0.257 e. The Morgan fingerprint density at radius 1 is 0.865 bits per heavy atom. The van der Waals surface area contributed by atoms with Gasteiger partial charge in [0.1, 0.15) is 4.33 Å². The topological polar surface area (TPSA) is 76.0 Å². The first-order valence-electron chi connectivity index (χ1n) is 11.0. The molecule has 0 bridgehead atoms. The fourth-order valence-corrected chi connectivity index (χ4v) is 5.72. The van der Waals surface area contributed by atoms with Crippen molar-refractivity contribution in [2.75, 3.05) is 10.6 Å². The van der Waals surface area contributed by atoms with Crippen LogP contribution in [-0.2, 0) is 4.79 Å². The second-order valence-corrected chi connectivity index (χ2v) is 11.2. The van der Waals surface area contributed by atoms with E-state index in [4.69, 9.17) is 58.0 Å². The number of hydrogen-bond donors (Lipinski definition) is 2. The van der Waals surface area contributed by atoms with Crippen LogP contribution in [0.5, 0.6) is 0 Å². The van der Waals surface area contributed by atoms with Crippen molar-refractivity contribution >= 4 is 81.2 Å². The minimum atomic E-state index is -1.33. The number of nitrogens with one attached hydrogen (secondary N) is 2. The molecule has 11 heteroatoms. The Morgan fingerprint density at radius 3 is 2.19 bits per heavy atom. The maximum atomic E-state index is 13.0. The summed E-state index contributed by atoms with van der Waals surface area (Å²) < 4.78 is 0.518. The van der Waals surface area contributed by atoms with Crippen molar-refractivity contribution in [1.82, 2.24) is 9.55 Å². The molecule has 37 heavy (non-hydrogen) atoms. The number of hydrogen-bond acceptors (Lipinski definition) is 3. The molecule has 1 saturated carbocycles. The third-order valence-corrected chi connectivity index (χ3v) is 7.69. The largest absolute Gasteiger partial charge is 0.326 e.